The van der Waals surface area contributed by atoms with Crippen molar-refractivity contribution in [2.45, 2.75) is 53.6 Å². The van der Waals surface area contributed by atoms with Crippen molar-refractivity contribution >= 4 is 17.7 Å². The van der Waals surface area contributed by atoms with Crippen LogP contribution >= 0.6 is 0 Å². The van der Waals surface area contributed by atoms with Gasteiger partial charge in [-0.15, -0.1) is 0 Å². The molecule has 0 aromatic heterocycles. The summed E-state index contributed by atoms with van der Waals surface area (Å²) in [5.74, 6) is 1.34. The summed E-state index contributed by atoms with van der Waals surface area (Å²) in [7, 11) is 1.56. The van der Waals surface area contributed by atoms with E-state index in [1.54, 1.807) is 19.2 Å². The summed E-state index contributed by atoms with van der Waals surface area (Å²) in [4.78, 5) is 16.5. The highest BCUT2D eigenvalue weighted by Crippen LogP contribution is 2.36. The van der Waals surface area contributed by atoms with Crippen molar-refractivity contribution < 1.29 is 14.3 Å². The molecule has 1 rings (SSSR count). The average Bonchev–Trinajstić information content (AvgIpc) is 2.51. The monoisotopic (exact) mass is 331 g/mol. The first kappa shape index (κ1) is 19.9. The molecule has 0 saturated carbocycles. The predicted octanol–water partition coefficient (Wildman–Crippen LogP) is 5.38. The molecule has 0 heterocycles. The second-order valence-electron chi connectivity index (χ2n) is 6.31. The minimum absolute atomic E-state index is 0.00529. The topological polar surface area (TPSA) is 47.9 Å². The smallest absolute Gasteiger partial charge is 0.163 e. The summed E-state index contributed by atoms with van der Waals surface area (Å²) in [5.41, 5.74) is 2.33. The molecular formula is C20H29NO3. The molecule has 0 N–H and O–H groups in total. The highest BCUT2D eigenvalue weighted by atomic mass is 16.5. The van der Waals surface area contributed by atoms with Crippen molar-refractivity contribution in [3.63, 3.8) is 0 Å². The largest absolute Gasteiger partial charge is 0.493 e. The Morgan fingerprint density at radius 1 is 1.29 bits per heavy atom. The van der Waals surface area contributed by atoms with Crippen molar-refractivity contribution in [1.82, 2.24) is 0 Å². The summed E-state index contributed by atoms with van der Waals surface area (Å²) in [6.45, 7) is 13.6. The number of aliphatic imine (C=N–C) groups is 1. The number of carbonyl (C=O) groups is 1. The lowest BCUT2D eigenvalue weighted by atomic mass is 10.0. The standard InChI is InChI=1S/C20H29NO3/c1-8-14(4)9-15(5)12-21-18-11-20(24-13(2)3)19(23-7)10-17(18)16(6)22/h10-13,15H,4,8-9H2,1-3,5-7H3/b21-12-. The molecule has 132 valence electrons. The first-order valence-corrected chi connectivity index (χ1v) is 8.38. The second-order valence-corrected chi connectivity index (χ2v) is 6.31. The van der Waals surface area contributed by atoms with Crippen LogP contribution in [0.2, 0.25) is 0 Å². The quantitative estimate of drug-likeness (QED) is 0.347. The molecule has 24 heavy (non-hydrogen) atoms. The van der Waals surface area contributed by atoms with E-state index in [1.165, 1.54) is 12.5 Å². The number of Topliss-reactive ketones (excluding diaryl/α,β-unsaturated/α-hetero) is 1. The number of hydrogen-bond acceptors (Lipinski definition) is 4. The van der Waals surface area contributed by atoms with E-state index in [0.29, 0.717) is 22.7 Å². The molecule has 4 heteroatoms. The van der Waals surface area contributed by atoms with Crippen molar-refractivity contribution in [1.29, 1.82) is 0 Å². The van der Waals surface area contributed by atoms with E-state index in [1.807, 2.05) is 20.1 Å². The van der Waals surface area contributed by atoms with Crippen molar-refractivity contribution in [3.05, 3.63) is 29.8 Å². The molecule has 0 aliphatic rings. The van der Waals surface area contributed by atoms with Gasteiger partial charge in [0.2, 0.25) is 0 Å². The molecule has 1 atom stereocenters. The van der Waals surface area contributed by atoms with E-state index in [2.05, 4.69) is 25.4 Å². The van der Waals surface area contributed by atoms with Crippen molar-refractivity contribution in [2.24, 2.45) is 10.9 Å². The lowest BCUT2D eigenvalue weighted by Gasteiger charge is -2.16. The molecule has 0 fully saturated rings. The number of ether oxygens (including phenoxy) is 2. The normalized spacial score (nSPS) is 12.5. The number of hydrogen-bond donors (Lipinski definition) is 0. The lowest BCUT2D eigenvalue weighted by Crippen LogP contribution is -2.07. The van der Waals surface area contributed by atoms with Gasteiger partial charge >= 0.3 is 0 Å². The Hall–Kier alpha value is -2.10. The van der Waals surface area contributed by atoms with E-state index < -0.39 is 0 Å². The molecule has 0 amide bonds. The summed E-state index contributed by atoms with van der Waals surface area (Å²) in [6.07, 6.45) is 3.73. The van der Waals surface area contributed by atoms with Crippen LogP contribution in [0.4, 0.5) is 5.69 Å². The van der Waals surface area contributed by atoms with Crippen LogP contribution in [0.25, 0.3) is 0 Å². The molecular weight excluding hydrogens is 302 g/mol. The maximum absolute atomic E-state index is 12.0. The third-order valence-corrected chi connectivity index (χ3v) is 3.60. The summed E-state index contributed by atoms with van der Waals surface area (Å²) in [6, 6.07) is 3.47. The third kappa shape index (κ3) is 5.84. The maximum Gasteiger partial charge on any atom is 0.163 e. The van der Waals surface area contributed by atoms with Gasteiger partial charge in [0.1, 0.15) is 0 Å². The highest BCUT2D eigenvalue weighted by Gasteiger charge is 2.15. The number of rotatable bonds is 9. The maximum atomic E-state index is 12.0. The van der Waals surface area contributed by atoms with Crippen LogP contribution < -0.4 is 9.47 Å². The molecule has 0 saturated heterocycles. The second kappa shape index (κ2) is 9.26. The average molecular weight is 331 g/mol. The van der Waals surface area contributed by atoms with Crippen LogP contribution in [0.15, 0.2) is 29.3 Å². The number of methoxy groups -OCH3 is 1. The Morgan fingerprint density at radius 3 is 2.46 bits per heavy atom. The first-order chi connectivity index (χ1) is 11.3. The molecule has 1 aromatic carbocycles. The Kier molecular flexibility index (Phi) is 7.69. The van der Waals surface area contributed by atoms with Gasteiger partial charge in [-0.1, -0.05) is 26.0 Å². The SMILES string of the molecule is C=C(CC)CC(C)/C=N\c1cc(OC(C)C)c(OC)cc1C(C)=O. The minimum Gasteiger partial charge on any atom is -0.493 e. The van der Waals surface area contributed by atoms with Gasteiger partial charge in [-0.3, -0.25) is 9.79 Å². The summed E-state index contributed by atoms with van der Waals surface area (Å²) >= 11 is 0. The zero-order chi connectivity index (χ0) is 18.3. The number of allylic oxidation sites excluding steroid dienone is 1. The fourth-order valence-corrected chi connectivity index (χ4v) is 2.30. The van der Waals surface area contributed by atoms with E-state index in [0.717, 1.165) is 12.8 Å². The van der Waals surface area contributed by atoms with Crippen LogP contribution in [0, 0.1) is 5.92 Å². The van der Waals surface area contributed by atoms with E-state index >= 15 is 0 Å². The Labute approximate surface area is 145 Å². The molecule has 0 bridgehead atoms. The number of carbonyl (C=O) groups excluding carboxylic acids is 1. The van der Waals surface area contributed by atoms with Gasteiger partial charge in [0.15, 0.2) is 17.3 Å². The first-order valence-electron chi connectivity index (χ1n) is 8.38. The van der Waals surface area contributed by atoms with Gasteiger partial charge in [0, 0.05) is 17.8 Å². The Bertz CT molecular complexity index is 618. The van der Waals surface area contributed by atoms with Gasteiger partial charge in [-0.2, -0.15) is 0 Å². The van der Waals surface area contributed by atoms with E-state index in [-0.39, 0.29) is 17.8 Å². The van der Waals surface area contributed by atoms with Crippen LogP contribution in [0.5, 0.6) is 11.5 Å². The van der Waals surface area contributed by atoms with Crippen LogP contribution in [-0.2, 0) is 0 Å². The minimum atomic E-state index is -0.0535. The summed E-state index contributed by atoms with van der Waals surface area (Å²) in [5, 5.41) is 0. The Balaban J connectivity index is 3.18. The van der Waals surface area contributed by atoms with Crippen molar-refractivity contribution in [2.75, 3.05) is 7.11 Å². The van der Waals surface area contributed by atoms with Crippen LogP contribution in [-0.4, -0.2) is 25.2 Å². The van der Waals surface area contributed by atoms with Crippen LogP contribution in [0.1, 0.15) is 57.8 Å². The lowest BCUT2D eigenvalue weighted by molar-refractivity contribution is 0.101. The molecule has 0 spiro atoms. The van der Waals surface area contributed by atoms with Gasteiger partial charge in [0.05, 0.1) is 18.9 Å². The van der Waals surface area contributed by atoms with E-state index in [9.17, 15) is 4.79 Å². The van der Waals surface area contributed by atoms with Crippen molar-refractivity contribution in [3.8, 4) is 11.5 Å². The molecule has 1 unspecified atom stereocenters. The predicted molar refractivity (Wildman–Crippen MR) is 100 cm³/mol. The fraction of sp³-hybridized carbons (Fsp3) is 0.500. The van der Waals surface area contributed by atoms with E-state index in [4.69, 9.17) is 9.47 Å². The van der Waals surface area contributed by atoms with Gasteiger partial charge in [-0.25, -0.2) is 0 Å². The number of nitrogens with zero attached hydrogens (tertiary/aromatic N) is 1. The molecule has 0 aliphatic heterocycles. The van der Waals surface area contributed by atoms with Gasteiger partial charge < -0.3 is 9.47 Å². The number of benzene rings is 1. The highest BCUT2D eigenvalue weighted by molar-refractivity contribution is 6.00. The third-order valence-electron chi connectivity index (χ3n) is 3.60. The molecule has 1 aromatic rings. The number of ketones is 1. The van der Waals surface area contributed by atoms with Gasteiger partial charge in [-0.05, 0) is 45.6 Å². The Morgan fingerprint density at radius 2 is 1.96 bits per heavy atom. The van der Waals surface area contributed by atoms with Crippen LogP contribution in [0.3, 0.4) is 0 Å². The molecule has 4 nitrogen and oxygen atoms in total. The summed E-state index contributed by atoms with van der Waals surface area (Å²) < 4.78 is 11.1. The zero-order valence-corrected chi connectivity index (χ0v) is 15.7. The zero-order valence-electron chi connectivity index (χ0n) is 15.7. The fourth-order valence-electron chi connectivity index (χ4n) is 2.30. The molecule has 0 aliphatic carbocycles. The molecule has 0 radical (unpaired) electrons. The van der Waals surface area contributed by atoms with Gasteiger partial charge in [0.25, 0.3) is 0 Å².